The second kappa shape index (κ2) is 8.20. The van der Waals surface area contributed by atoms with Crippen molar-refractivity contribution >= 4 is 21.9 Å². The van der Waals surface area contributed by atoms with Crippen LogP contribution in [0.1, 0.15) is 30.6 Å². The minimum atomic E-state index is -3.82. The highest BCUT2D eigenvalue weighted by atomic mass is 32.2. The van der Waals surface area contributed by atoms with Gasteiger partial charge in [-0.1, -0.05) is 6.92 Å². The summed E-state index contributed by atoms with van der Waals surface area (Å²) in [5, 5.41) is 2.59. The minimum Gasteiger partial charge on any atom is -0.452 e. The predicted octanol–water partition coefficient (Wildman–Crippen LogP) is 1.15. The molecule has 0 spiro atoms. The van der Waals surface area contributed by atoms with Crippen molar-refractivity contribution in [2.45, 2.75) is 31.2 Å². The summed E-state index contributed by atoms with van der Waals surface area (Å²) in [5.74, 6) is -2.56. The largest absolute Gasteiger partial charge is 0.452 e. The number of nitrogens with zero attached hydrogens (tertiary/aromatic N) is 1. The number of esters is 1. The molecule has 0 aromatic heterocycles. The van der Waals surface area contributed by atoms with E-state index in [1.807, 2.05) is 6.92 Å². The Bertz CT molecular complexity index is 719. The van der Waals surface area contributed by atoms with Crippen molar-refractivity contribution in [3.63, 3.8) is 0 Å². The summed E-state index contributed by atoms with van der Waals surface area (Å²) in [7, 11) is -1.19. The number of halogens is 1. The molecule has 1 rings (SSSR count). The topological polar surface area (TPSA) is 92.8 Å². The van der Waals surface area contributed by atoms with Gasteiger partial charge in [0.25, 0.3) is 5.91 Å². The number of nitrogens with one attached hydrogen (secondary N) is 1. The monoisotopic (exact) mass is 360 g/mol. The SMILES string of the molecule is CC[C@@H](C)NC(=O)COC(=O)c1cc(S(=O)(=O)N(C)C)ccc1F. The molecular weight excluding hydrogens is 339 g/mol. The molecule has 1 amide bonds. The van der Waals surface area contributed by atoms with Crippen LogP contribution in [0.5, 0.6) is 0 Å². The van der Waals surface area contributed by atoms with Gasteiger partial charge in [-0.25, -0.2) is 21.9 Å². The van der Waals surface area contributed by atoms with Gasteiger partial charge in [0.05, 0.1) is 10.5 Å². The Hall–Kier alpha value is -2.00. The molecule has 7 nitrogen and oxygen atoms in total. The van der Waals surface area contributed by atoms with Crippen LogP contribution in [0, 0.1) is 5.82 Å². The van der Waals surface area contributed by atoms with Crippen molar-refractivity contribution in [1.82, 2.24) is 9.62 Å². The molecule has 9 heteroatoms. The summed E-state index contributed by atoms with van der Waals surface area (Å²) in [5.41, 5.74) is -0.547. The number of amides is 1. The first kappa shape index (κ1) is 20.0. The molecule has 0 aliphatic heterocycles. The predicted molar refractivity (Wildman–Crippen MR) is 85.5 cm³/mol. The minimum absolute atomic E-state index is 0.0819. The van der Waals surface area contributed by atoms with Crippen molar-refractivity contribution in [1.29, 1.82) is 0 Å². The average molecular weight is 360 g/mol. The van der Waals surface area contributed by atoms with E-state index in [2.05, 4.69) is 5.32 Å². The van der Waals surface area contributed by atoms with E-state index in [-0.39, 0.29) is 10.9 Å². The van der Waals surface area contributed by atoms with Crippen molar-refractivity contribution < 1.29 is 27.1 Å². The Morgan fingerprint density at radius 1 is 1.33 bits per heavy atom. The third-order valence-corrected chi connectivity index (χ3v) is 5.10. The van der Waals surface area contributed by atoms with Crippen LogP contribution < -0.4 is 5.32 Å². The molecule has 0 heterocycles. The van der Waals surface area contributed by atoms with E-state index in [4.69, 9.17) is 4.74 Å². The fourth-order valence-corrected chi connectivity index (χ4v) is 2.59. The molecule has 1 atom stereocenters. The smallest absolute Gasteiger partial charge is 0.341 e. The van der Waals surface area contributed by atoms with Crippen LogP contribution in [0.4, 0.5) is 4.39 Å². The molecule has 24 heavy (non-hydrogen) atoms. The summed E-state index contributed by atoms with van der Waals surface area (Å²) in [6, 6.07) is 2.73. The fraction of sp³-hybridized carbons (Fsp3) is 0.467. The summed E-state index contributed by atoms with van der Waals surface area (Å²) < 4.78 is 43.5. The van der Waals surface area contributed by atoms with Gasteiger partial charge in [-0.3, -0.25) is 4.79 Å². The third kappa shape index (κ3) is 5.00. The van der Waals surface area contributed by atoms with Gasteiger partial charge in [-0.2, -0.15) is 0 Å². The summed E-state index contributed by atoms with van der Waals surface area (Å²) in [6.07, 6.45) is 0.707. The van der Waals surface area contributed by atoms with Gasteiger partial charge in [-0.05, 0) is 31.5 Å². The molecule has 0 saturated heterocycles. The lowest BCUT2D eigenvalue weighted by Gasteiger charge is -2.13. The molecule has 0 aliphatic carbocycles. The van der Waals surface area contributed by atoms with Crippen molar-refractivity contribution in [2.24, 2.45) is 0 Å². The lowest BCUT2D eigenvalue weighted by atomic mass is 10.2. The highest BCUT2D eigenvalue weighted by Crippen LogP contribution is 2.18. The van der Waals surface area contributed by atoms with Crippen LogP contribution in [0.25, 0.3) is 0 Å². The highest BCUT2D eigenvalue weighted by molar-refractivity contribution is 7.89. The zero-order valence-electron chi connectivity index (χ0n) is 14.0. The highest BCUT2D eigenvalue weighted by Gasteiger charge is 2.22. The molecule has 1 aromatic rings. The second-order valence-corrected chi connectivity index (χ2v) is 7.53. The number of carbonyl (C=O) groups is 2. The molecule has 0 unspecified atom stereocenters. The standard InChI is InChI=1S/C15H21FN2O5S/c1-5-10(2)17-14(19)9-23-15(20)12-8-11(6-7-13(12)16)24(21,22)18(3)4/h6-8,10H,5,9H2,1-4H3,(H,17,19)/t10-/m1/s1. The van der Waals surface area contributed by atoms with E-state index in [1.165, 1.54) is 14.1 Å². The second-order valence-electron chi connectivity index (χ2n) is 5.38. The molecule has 0 fully saturated rings. The van der Waals surface area contributed by atoms with Gasteiger partial charge in [0.15, 0.2) is 6.61 Å². The molecular formula is C15H21FN2O5S. The van der Waals surface area contributed by atoms with Crippen molar-refractivity contribution in [3.05, 3.63) is 29.6 Å². The number of rotatable bonds is 7. The first-order valence-electron chi connectivity index (χ1n) is 7.28. The third-order valence-electron chi connectivity index (χ3n) is 3.29. The molecule has 0 bridgehead atoms. The zero-order valence-corrected chi connectivity index (χ0v) is 14.8. The van der Waals surface area contributed by atoms with Gasteiger partial charge in [0.1, 0.15) is 5.82 Å². The number of hydrogen-bond acceptors (Lipinski definition) is 5. The van der Waals surface area contributed by atoms with Gasteiger partial charge in [0.2, 0.25) is 10.0 Å². The number of hydrogen-bond donors (Lipinski definition) is 1. The summed E-state index contributed by atoms with van der Waals surface area (Å²) in [6.45, 7) is 3.09. The van der Waals surface area contributed by atoms with E-state index in [9.17, 15) is 22.4 Å². The van der Waals surface area contributed by atoms with E-state index in [1.54, 1.807) is 6.92 Å². The number of benzene rings is 1. The Kier molecular flexibility index (Phi) is 6.85. The maximum Gasteiger partial charge on any atom is 0.341 e. The van der Waals surface area contributed by atoms with Gasteiger partial charge < -0.3 is 10.1 Å². The van der Waals surface area contributed by atoms with Crippen LogP contribution in [0.2, 0.25) is 0 Å². The number of carbonyl (C=O) groups excluding carboxylic acids is 2. The van der Waals surface area contributed by atoms with Gasteiger partial charge in [-0.15, -0.1) is 0 Å². The quantitative estimate of drug-likeness (QED) is 0.736. The van der Waals surface area contributed by atoms with Crippen molar-refractivity contribution in [3.8, 4) is 0 Å². The van der Waals surface area contributed by atoms with E-state index < -0.39 is 39.9 Å². The van der Waals surface area contributed by atoms with Crippen LogP contribution in [-0.4, -0.2) is 51.3 Å². The lowest BCUT2D eigenvalue weighted by molar-refractivity contribution is -0.124. The van der Waals surface area contributed by atoms with E-state index in [0.717, 1.165) is 22.5 Å². The molecule has 1 aromatic carbocycles. The summed E-state index contributed by atoms with van der Waals surface area (Å²) in [4.78, 5) is 23.2. The van der Waals surface area contributed by atoms with Gasteiger partial charge >= 0.3 is 5.97 Å². The van der Waals surface area contributed by atoms with Crippen LogP contribution in [-0.2, 0) is 19.6 Å². The summed E-state index contributed by atoms with van der Waals surface area (Å²) >= 11 is 0. The molecule has 134 valence electrons. The van der Waals surface area contributed by atoms with E-state index >= 15 is 0 Å². The molecule has 1 N–H and O–H groups in total. The molecule has 0 saturated carbocycles. The first-order chi connectivity index (χ1) is 11.1. The van der Waals surface area contributed by atoms with Crippen LogP contribution in [0.15, 0.2) is 23.1 Å². The normalized spacial score (nSPS) is 12.8. The molecule has 0 radical (unpaired) electrons. The Labute approximate surface area is 140 Å². The molecule has 0 aliphatic rings. The van der Waals surface area contributed by atoms with Crippen LogP contribution >= 0.6 is 0 Å². The zero-order chi connectivity index (χ0) is 18.5. The lowest BCUT2D eigenvalue weighted by Crippen LogP contribution is -2.35. The fourth-order valence-electron chi connectivity index (χ4n) is 1.66. The van der Waals surface area contributed by atoms with Crippen molar-refractivity contribution in [2.75, 3.05) is 20.7 Å². The maximum absolute atomic E-state index is 13.8. The maximum atomic E-state index is 13.8. The number of sulfonamides is 1. The number of ether oxygens (including phenoxy) is 1. The first-order valence-corrected chi connectivity index (χ1v) is 8.72. The Morgan fingerprint density at radius 3 is 2.50 bits per heavy atom. The average Bonchev–Trinajstić information content (AvgIpc) is 2.52. The van der Waals surface area contributed by atoms with E-state index in [0.29, 0.717) is 6.42 Å². The Balaban J connectivity index is 2.90. The Morgan fingerprint density at radius 2 is 1.96 bits per heavy atom. The van der Waals surface area contributed by atoms with Gasteiger partial charge in [0, 0.05) is 20.1 Å². The van der Waals surface area contributed by atoms with Crippen LogP contribution in [0.3, 0.4) is 0 Å².